The lowest BCUT2D eigenvalue weighted by atomic mass is 9.61. The minimum absolute atomic E-state index is 0.135. The van der Waals surface area contributed by atoms with Crippen LogP contribution in [0.4, 0.5) is 0 Å². The first-order chi connectivity index (χ1) is 12.6. The van der Waals surface area contributed by atoms with Crippen LogP contribution in [0.2, 0.25) is 0 Å². The zero-order valence-corrected chi connectivity index (χ0v) is 16.0. The Morgan fingerprint density at radius 3 is 2.52 bits per heavy atom. The predicted octanol–water partition coefficient (Wildman–Crippen LogP) is 0.957. The van der Waals surface area contributed by atoms with Gasteiger partial charge in [-0.05, 0) is 56.2 Å². The zero-order valence-electron chi connectivity index (χ0n) is 16.0. The van der Waals surface area contributed by atoms with Gasteiger partial charge in [0.1, 0.15) is 0 Å². The molecule has 0 radical (unpaired) electrons. The van der Waals surface area contributed by atoms with Gasteiger partial charge in [-0.3, -0.25) is 9.69 Å². The summed E-state index contributed by atoms with van der Waals surface area (Å²) >= 11 is 0. The van der Waals surface area contributed by atoms with E-state index in [2.05, 4.69) is 0 Å². The Morgan fingerprint density at radius 1 is 1.33 bits per heavy atom. The van der Waals surface area contributed by atoms with E-state index < -0.39 is 11.3 Å². The summed E-state index contributed by atoms with van der Waals surface area (Å²) < 4.78 is 5.53. The molecule has 1 fully saturated rings. The van der Waals surface area contributed by atoms with Crippen LogP contribution in [-0.2, 0) is 27.3 Å². The van der Waals surface area contributed by atoms with Crippen LogP contribution >= 0.6 is 0 Å². The average Bonchev–Trinajstić information content (AvgIpc) is 3.02. The number of hydrogen-bond donors (Lipinski definition) is 3. The number of fused-ring (bicyclic) bond motifs is 3. The van der Waals surface area contributed by atoms with Gasteiger partial charge in [0.15, 0.2) is 17.3 Å². The topological polar surface area (TPSA) is 108 Å². The Kier molecular flexibility index (Phi) is 3.93. The highest BCUT2D eigenvalue weighted by Gasteiger charge is 2.66. The number of benzene rings is 1. The van der Waals surface area contributed by atoms with E-state index in [9.17, 15) is 15.0 Å². The third-order valence-electron chi connectivity index (χ3n) is 6.81. The molecule has 4 rings (SSSR count). The fourth-order valence-corrected chi connectivity index (χ4v) is 5.22. The number of carbonyl (C=O) groups is 1. The molecule has 1 unspecified atom stereocenters. The third-order valence-corrected chi connectivity index (χ3v) is 6.81. The van der Waals surface area contributed by atoms with Crippen molar-refractivity contribution in [2.75, 3.05) is 14.2 Å². The predicted molar refractivity (Wildman–Crippen MR) is 99.7 cm³/mol. The molecule has 27 heavy (non-hydrogen) atoms. The first kappa shape index (κ1) is 18.4. The SMILES string of the molecule is COC1CCC2(CC1)Cc1ccc(C(C)(O)O)cc1C21N=C(N)N(C)C1=O. The average molecular weight is 373 g/mol. The zero-order chi connectivity index (χ0) is 19.6. The van der Waals surface area contributed by atoms with Crippen molar-refractivity contribution in [2.24, 2.45) is 16.1 Å². The molecule has 1 aliphatic heterocycles. The van der Waals surface area contributed by atoms with Gasteiger partial charge in [0.2, 0.25) is 0 Å². The second kappa shape index (κ2) is 5.77. The number of methoxy groups -OCH3 is 1. The molecule has 1 amide bonds. The number of guanidine groups is 1. The van der Waals surface area contributed by atoms with Crippen molar-refractivity contribution in [1.29, 1.82) is 0 Å². The molecule has 0 saturated heterocycles. The van der Waals surface area contributed by atoms with E-state index in [4.69, 9.17) is 15.5 Å². The van der Waals surface area contributed by atoms with Gasteiger partial charge in [0, 0.05) is 25.1 Å². The van der Waals surface area contributed by atoms with Gasteiger partial charge in [0.25, 0.3) is 5.91 Å². The van der Waals surface area contributed by atoms with E-state index in [0.717, 1.165) is 43.2 Å². The number of aliphatic imine (C=N–C) groups is 1. The van der Waals surface area contributed by atoms with Crippen LogP contribution in [0.1, 0.15) is 49.3 Å². The smallest absolute Gasteiger partial charge is 0.262 e. The van der Waals surface area contributed by atoms with Crippen LogP contribution in [0.25, 0.3) is 0 Å². The summed E-state index contributed by atoms with van der Waals surface area (Å²) in [5.41, 5.74) is 6.74. The molecule has 1 heterocycles. The summed E-state index contributed by atoms with van der Waals surface area (Å²) in [4.78, 5) is 19.6. The van der Waals surface area contributed by atoms with Gasteiger partial charge >= 0.3 is 0 Å². The molecule has 4 N–H and O–H groups in total. The molecule has 7 heteroatoms. The largest absolute Gasteiger partial charge is 0.381 e. The van der Waals surface area contributed by atoms with E-state index in [1.165, 1.54) is 11.8 Å². The maximum atomic E-state index is 13.5. The summed E-state index contributed by atoms with van der Waals surface area (Å²) in [6, 6.07) is 5.33. The first-order valence-electron chi connectivity index (χ1n) is 9.39. The molecule has 1 atom stereocenters. The van der Waals surface area contributed by atoms with E-state index in [1.54, 1.807) is 26.3 Å². The van der Waals surface area contributed by atoms with E-state index >= 15 is 0 Å². The lowest BCUT2D eigenvalue weighted by Gasteiger charge is -2.45. The van der Waals surface area contributed by atoms with Gasteiger partial charge in [-0.1, -0.05) is 12.1 Å². The Morgan fingerprint density at radius 2 is 2.00 bits per heavy atom. The molecule has 0 bridgehead atoms. The third kappa shape index (κ3) is 2.38. The minimum Gasteiger partial charge on any atom is -0.381 e. The molecule has 1 saturated carbocycles. The lowest BCUT2D eigenvalue weighted by molar-refractivity contribution is -0.153. The van der Waals surface area contributed by atoms with Crippen molar-refractivity contribution in [3.05, 3.63) is 34.9 Å². The van der Waals surface area contributed by atoms with Gasteiger partial charge in [-0.25, -0.2) is 4.99 Å². The Balaban J connectivity index is 1.90. The maximum absolute atomic E-state index is 13.5. The summed E-state index contributed by atoms with van der Waals surface area (Å²) in [6.07, 6.45) is 4.26. The highest BCUT2D eigenvalue weighted by Crippen LogP contribution is 2.62. The number of aliphatic hydroxyl groups is 2. The van der Waals surface area contributed by atoms with Crippen LogP contribution in [0.3, 0.4) is 0 Å². The number of rotatable bonds is 2. The summed E-state index contributed by atoms with van der Waals surface area (Å²) in [7, 11) is 3.37. The van der Waals surface area contributed by atoms with Crippen LogP contribution in [-0.4, -0.2) is 47.2 Å². The fourth-order valence-electron chi connectivity index (χ4n) is 5.22. The van der Waals surface area contributed by atoms with Crippen molar-refractivity contribution in [3.63, 3.8) is 0 Å². The van der Waals surface area contributed by atoms with E-state index in [0.29, 0.717) is 5.56 Å². The molecule has 7 nitrogen and oxygen atoms in total. The molecule has 0 aromatic heterocycles. The fraction of sp³-hybridized carbons (Fsp3) is 0.600. The van der Waals surface area contributed by atoms with Crippen molar-refractivity contribution >= 4 is 11.9 Å². The molecule has 2 spiro atoms. The number of hydrogen-bond acceptors (Lipinski definition) is 6. The van der Waals surface area contributed by atoms with Crippen molar-refractivity contribution < 1.29 is 19.7 Å². The van der Waals surface area contributed by atoms with Crippen molar-refractivity contribution in [1.82, 2.24) is 4.90 Å². The molecule has 2 aliphatic carbocycles. The molecule has 146 valence electrons. The van der Waals surface area contributed by atoms with Crippen LogP contribution in [0, 0.1) is 5.41 Å². The molecule has 3 aliphatic rings. The second-order valence-corrected chi connectivity index (χ2v) is 8.33. The summed E-state index contributed by atoms with van der Waals surface area (Å²) in [6.45, 7) is 1.32. The van der Waals surface area contributed by atoms with Crippen molar-refractivity contribution in [2.45, 2.75) is 56.5 Å². The number of amides is 1. The number of likely N-dealkylation sites (N-methyl/N-ethyl adjacent to an activating group) is 1. The lowest BCUT2D eigenvalue weighted by Crippen LogP contribution is -2.51. The standard InChI is InChI=1S/C20H27N3O4/c1-18(25,26)13-5-4-12-11-19(8-6-14(27-3)7-9-19)20(15(12)10-13)16(24)23(2)17(21)22-20/h4-5,10,14,25-26H,6-9,11H2,1-3H3,(H2,21,22). The number of carbonyl (C=O) groups excluding carboxylic acids is 1. The summed E-state index contributed by atoms with van der Waals surface area (Å²) in [5, 5.41) is 20.1. The normalized spacial score (nSPS) is 33.1. The van der Waals surface area contributed by atoms with Crippen LogP contribution < -0.4 is 5.73 Å². The molecular weight excluding hydrogens is 346 g/mol. The highest BCUT2D eigenvalue weighted by molar-refractivity contribution is 6.08. The monoisotopic (exact) mass is 373 g/mol. The van der Waals surface area contributed by atoms with Gasteiger partial charge < -0.3 is 20.7 Å². The Bertz CT molecular complexity index is 821. The van der Waals surface area contributed by atoms with Crippen LogP contribution in [0.15, 0.2) is 23.2 Å². The molecular formula is C20H27N3O4. The van der Waals surface area contributed by atoms with E-state index in [-0.39, 0.29) is 23.4 Å². The van der Waals surface area contributed by atoms with Gasteiger partial charge in [-0.2, -0.15) is 0 Å². The minimum atomic E-state index is -1.98. The van der Waals surface area contributed by atoms with Gasteiger partial charge in [-0.15, -0.1) is 0 Å². The van der Waals surface area contributed by atoms with E-state index in [1.807, 2.05) is 6.07 Å². The number of nitrogens with zero attached hydrogens (tertiary/aromatic N) is 2. The number of ether oxygens (including phenoxy) is 1. The Labute approximate surface area is 158 Å². The quantitative estimate of drug-likeness (QED) is 0.669. The van der Waals surface area contributed by atoms with Crippen LogP contribution in [0.5, 0.6) is 0 Å². The van der Waals surface area contributed by atoms with Crippen molar-refractivity contribution in [3.8, 4) is 0 Å². The molecule has 1 aromatic rings. The Hall–Kier alpha value is -1.96. The molecule has 1 aromatic carbocycles. The van der Waals surface area contributed by atoms with Gasteiger partial charge in [0.05, 0.1) is 6.10 Å². The maximum Gasteiger partial charge on any atom is 0.262 e. The second-order valence-electron chi connectivity index (χ2n) is 8.33. The number of nitrogens with two attached hydrogens (primary N) is 1. The highest BCUT2D eigenvalue weighted by atomic mass is 16.5. The first-order valence-corrected chi connectivity index (χ1v) is 9.39. The summed E-state index contributed by atoms with van der Waals surface area (Å²) in [5.74, 6) is -1.91.